The van der Waals surface area contributed by atoms with Gasteiger partial charge in [0, 0.05) is 5.66 Å². The lowest BCUT2D eigenvalue weighted by atomic mass is 10.0. The third-order valence-corrected chi connectivity index (χ3v) is 7.14. The Balaban J connectivity index is 4.80. The van der Waals surface area contributed by atoms with Crippen molar-refractivity contribution in [3.8, 4) is 0 Å². The summed E-state index contributed by atoms with van der Waals surface area (Å²) in [5, 5.41) is 8.98. The monoisotopic (exact) mass is 220 g/mol. The van der Waals surface area contributed by atoms with E-state index >= 15 is 0 Å². The SMILES string of the molecule is CCC(C(=O)O)C(C)P(=O)(CC)CC. The summed E-state index contributed by atoms with van der Waals surface area (Å²) >= 11 is 0. The molecule has 0 saturated heterocycles. The summed E-state index contributed by atoms with van der Waals surface area (Å²) in [4.78, 5) is 10.9. The smallest absolute Gasteiger partial charge is 0.307 e. The van der Waals surface area contributed by atoms with E-state index in [0.29, 0.717) is 18.7 Å². The number of hydrogen-bond acceptors (Lipinski definition) is 2. The minimum absolute atomic E-state index is 0.194. The molecule has 0 radical (unpaired) electrons. The van der Waals surface area contributed by atoms with Crippen LogP contribution in [0.4, 0.5) is 0 Å². The van der Waals surface area contributed by atoms with E-state index in [-0.39, 0.29) is 5.66 Å². The van der Waals surface area contributed by atoms with Crippen LogP contribution in [-0.2, 0) is 9.36 Å². The first-order valence-corrected chi connectivity index (χ1v) is 7.38. The Hall–Kier alpha value is -0.300. The molecule has 0 aromatic heterocycles. The predicted octanol–water partition coefficient (Wildman–Crippen LogP) is 2.89. The number of aliphatic carboxylic acids is 1. The van der Waals surface area contributed by atoms with E-state index < -0.39 is 19.0 Å². The first kappa shape index (κ1) is 13.7. The van der Waals surface area contributed by atoms with Gasteiger partial charge in [0.2, 0.25) is 0 Å². The fourth-order valence-corrected chi connectivity index (χ4v) is 4.44. The van der Waals surface area contributed by atoms with Gasteiger partial charge in [-0.1, -0.05) is 27.7 Å². The largest absolute Gasteiger partial charge is 0.481 e. The minimum Gasteiger partial charge on any atom is -0.481 e. The molecule has 0 aromatic rings. The summed E-state index contributed by atoms with van der Waals surface area (Å²) in [6, 6.07) is 0. The fraction of sp³-hybridized carbons (Fsp3) is 0.900. The first-order chi connectivity index (χ1) is 6.42. The van der Waals surface area contributed by atoms with E-state index in [2.05, 4.69) is 0 Å². The van der Waals surface area contributed by atoms with Crippen molar-refractivity contribution in [1.82, 2.24) is 0 Å². The average Bonchev–Trinajstić information content (AvgIpc) is 2.17. The Morgan fingerprint density at radius 1 is 1.29 bits per heavy atom. The lowest BCUT2D eigenvalue weighted by molar-refractivity contribution is -0.141. The van der Waals surface area contributed by atoms with E-state index in [1.54, 1.807) is 0 Å². The standard InChI is InChI=1S/C10H21O3P/c1-5-9(10(11)12)8(4)14(13,6-2)7-3/h8-9H,5-7H2,1-4H3,(H,11,12). The van der Waals surface area contributed by atoms with Gasteiger partial charge in [0.05, 0.1) is 13.1 Å². The van der Waals surface area contributed by atoms with Crippen LogP contribution >= 0.6 is 7.14 Å². The van der Waals surface area contributed by atoms with Crippen LogP contribution in [0.5, 0.6) is 0 Å². The highest BCUT2D eigenvalue weighted by Gasteiger charge is 2.35. The topological polar surface area (TPSA) is 54.4 Å². The maximum atomic E-state index is 12.3. The number of carboxylic acids is 1. The second-order valence-corrected chi connectivity index (χ2v) is 7.66. The third-order valence-electron chi connectivity index (χ3n) is 3.15. The molecule has 0 rings (SSSR count). The molecular formula is C10H21O3P. The Labute approximate surface area is 86.3 Å². The lowest BCUT2D eigenvalue weighted by Crippen LogP contribution is -2.26. The summed E-state index contributed by atoms with van der Waals surface area (Å²) in [5.74, 6) is -1.28. The Morgan fingerprint density at radius 3 is 1.93 bits per heavy atom. The van der Waals surface area contributed by atoms with Gasteiger partial charge in [-0.15, -0.1) is 0 Å². The van der Waals surface area contributed by atoms with Gasteiger partial charge in [-0.2, -0.15) is 0 Å². The number of carboxylic acid groups (broad SMARTS) is 1. The van der Waals surface area contributed by atoms with Crippen LogP contribution in [0.3, 0.4) is 0 Å². The van der Waals surface area contributed by atoms with Gasteiger partial charge >= 0.3 is 5.97 Å². The molecule has 0 fully saturated rings. The van der Waals surface area contributed by atoms with Crippen LogP contribution < -0.4 is 0 Å². The van der Waals surface area contributed by atoms with Crippen molar-refractivity contribution in [2.45, 2.75) is 39.8 Å². The van der Waals surface area contributed by atoms with Crippen LogP contribution in [0.1, 0.15) is 34.1 Å². The van der Waals surface area contributed by atoms with Crippen LogP contribution in [0.2, 0.25) is 0 Å². The number of carbonyl (C=O) groups is 1. The molecule has 0 aromatic carbocycles. The average molecular weight is 220 g/mol. The van der Waals surface area contributed by atoms with Crippen molar-refractivity contribution in [2.24, 2.45) is 5.92 Å². The molecule has 84 valence electrons. The zero-order valence-corrected chi connectivity index (χ0v) is 10.4. The van der Waals surface area contributed by atoms with Crippen molar-refractivity contribution < 1.29 is 14.5 Å². The van der Waals surface area contributed by atoms with E-state index in [4.69, 9.17) is 5.11 Å². The first-order valence-electron chi connectivity index (χ1n) is 5.23. The van der Waals surface area contributed by atoms with Gasteiger partial charge in [0.1, 0.15) is 0 Å². The van der Waals surface area contributed by atoms with Gasteiger partial charge in [0.15, 0.2) is 0 Å². The normalized spacial score (nSPS) is 16.3. The highest BCUT2D eigenvalue weighted by atomic mass is 31.2. The predicted molar refractivity (Wildman–Crippen MR) is 59.6 cm³/mol. The number of rotatable bonds is 6. The Morgan fingerprint density at radius 2 is 1.71 bits per heavy atom. The molecule has 0 heterocycles. The maximum absolute atomic E-state index is 12.3. The van der Waals surface area contributed by atoms with Gasteiger partial charge in [-0.25, -0.2) is 0 Å². The summed E-state index contributed by atoms with van der Waals surface area (Å²) < 4.78 is 12.3. The summed E-state index contributed by atoms with van der Waals surface area (Å²) in [6.07, 6.45) is 1.77. The van der Waals surface area contributed by atoms with Gasteiger partial charge < -0.3 is 9.67 Å². The highest BCUT2D eigenvalue weighted by Crippen LogP contribution is 2.53. The molecule has 0 aliphatic rings. The molecule has 2 atom stereocenters. The molecule has 2 unspecified atom stereocenters. The quantitative estimate of drug-likeness (QED) is 0.700. The molecule has 3 nitrogen and oxygen atoms in total. The van der Waals surface area contributed by atoms with Gasteiger partial charge in [0.25, 0.3) is 0 Å². The van der Waals surface area contributed by atoms with Crippen LogP contribution in [0.25, 0.3) is 0 Å². The molecule has 1 N–H and O–H groups in total. The van der Waals surface area contributed by atoms with E-state index in [9.17, 15) is 9.36 Å². The molecule has 0 amide bonds. The van der Waals surface area contributed by atoms with Gasteiger partial charge in [-0.3, -0.25) is 4.79 Å². The Bertz CT molecular complexity index is 230. The zero-order chi connectivity index (χ0) is 11.4. The molecule has 0 aliphatic heterocycles. The lowest BCUT2D eigenvalue weighted by Gasteiger charge is -2.26. The molecule has 0 saturated carbocycles. The highest BCUT2D eigenvalue weighted by molar-refractivity contribution is 7.64. The zero-order valence-electron chi connectivity index (χ0n) is 9.49. The Kier molecular flexibility index (Phi) is 5.43. The summed E-state index contributed by atoms with van der Waals surface area (Å²) in [5.41, 5.74) is -0.194. The van der Waals surface area contributed by atoms with Crippen LogP contribution in [0, 0.1) is 5.92 Å². The second-order valence-electron chi connectivity index (χ2n) is 3.68. The molecule has 0 aliphatic carbocycles. The van der Waals surface area contributed by atoms with E-state index in [0.717, 1.165) is 0 Å². The van der Waals surface area contributed by atoms with Crippen molar-refractivity contribution in [2.75, 3.05) is 12.3 Å². The molecule has 4 heteroatoms. The minimum atomic E-state index is -2.28. The van der Waals surface area contributed by atoms with Crippen molar-refractivity contribution >= 4 is 13.1 Å². The van der Waals surface area contributed by atoms with E-state index in [1.807, 2.05) is 27.7 Å². The molecule has 14 heavy (non-hydrogen) atoms. The molecule has 0 spiro atoms. The van der Waals surface area contributed by atoms with E-state index in [1.165, 1.54) is 0 Å². The van der Waals surface area contributed by atoms with Crippen LogP contribution in [0.15, 0.2) is 0 Å². The molecular weight excluding hydrogens is 199 g/mol. The third kappa shape index (κ3) is 2.84. The van der Waals surface area contributed by atoms with Crippen molar-refractivity contribution in [3.05, 3.63) is 0 Å². The fourth-order valence-electron chi connectivity index (χ4n) is 1.85. The van der Waals surface area contributed by atoms with Gasteiger partial charge in [-0.05, 0) is 18.7 Å². The summed E-state index contributed by atoms with van der Waals surface area (Å²) in [6.45, 7) is 7.42. The summed E-state index contributed by atoms with van der Waals surface area (Å²) in [7, 11) is -2.28. The number of hydrogen-bond donors (Lipinski definition) is 1. The van der Waals surface area contributed by atoms with Crippen LogP contribution in [-0.4, -0.2) is 29.1 Å². The maximum Gasteiger partial charge on any atom is 0.307 e. The van der Waals surface area contributed by atoms with Crippen molar-refractivity contribution in [3.63, 3.8) is 0 Å². The molecule has 0 bridgehead atoms. The second kappa shape index (κ2) is 5.55. The van der Waals surface area contributed by atoms with Crippen molar-refractivity contribution in [1.29, 1.82) is 0 Å².